The largest absolute Gasteiger partial charge is 0.482 e. The number of ether oxygens (including phenoxy) is 1. The first-order valence-electron chi connectivity index (χ1n) is 6.57. The summed E-state index contributed by atoms with van der Waals surface area (Å²) in [6.45, 7) is -0.165. The first-order valence-corrected chi connectivity index (χ1v) is 7.32. The van der Waals surface area contributed by atoms with Gasteiger partial charge in [0, 0.05) is 18.1 Å². The van der Waals surface area contributed by atoms with Crippen molar-refractivity contribution in [3.05, 3.63) is 28.2 Å². The Morgan fingerprint density at radius 2 is 2.10 bits per heavy atom. The Kier molecular flexibility index (Phi) is 5.31. The van der Waals surface area contributed by atoms with E-state index in [1.165, 1.54) is 11.0 Å². The molecule has 0 saturated heterocycles. The predicted molar refractivity (Wildman–Crippen MR) is 80.8 cm³/mol. The molecule has 1 fully saturated rings. The standard InChI is InChI=1S/C14H16Cl2N2O3/c1-18(7-13(19)17-10-3-4-10)14(20)8-21-12-5-2-9(15)6-11(12)16/h2,5-6,10H,3-4,7-8H2,1H3,(H,17,19). The van der Waals surface area contributed by atoms with Crippen molar-refractivity contribution in [1.29, 1.82) is 0 Å². The molecule has 114 valence electrons. The van der Waals surface area contributed by atoms with Crippen LogP contribution in [0.5, 0.6) is 5.75 Å². The van der Waals surface area contributed by atoms with Gasteiger partial charge in [-0.2, -0.15) is 0 Å². The number of likely N-dealkylation sites (N-methyl/N-ethyl adjacent to an activating group) is 1. The summed E-state index contributed by atoms with van der Waals surface area (Å²) in [5, 5.41) is 3.65. The Morgan fingerprint density at radius 1 is 1.38 bits per heavy atom. The van der Waals surface area contributed by atoms with Gasteiger partial charge < -0.3 is 15.0 Å². The summed E-state index contributed by atoms with van der Waals surface area (Å²) in [6, 6.07) is 5.04. The number of halogens is 2. The van der Waals surface area contributed by atoms with E-state index in [0.717, 1.165) is 12.8 Å². The predicted octanol–water partition coefficient (Wildman–Crippen LogP) is 2.11. The average Bonchev–Trinajstić information content (AvgIpc) is 3.21. The number of rotatable bonds is 6. The summed E-state index contributed by atoms with van der Waals surface area (Å²) in [5.41, 5.74) is 0. The number of carbonyl (C=O) groups excluding carboxylic acids is 2. The maximum Gasteiger partial charge on any atom is 0.260 e. The minimum atomic E-state index is -0.299. The molecule has 1 aliphatic carbocycles. The number of amides is 2. The molecule has 21 heavy (non-hydrogen) atoms. The fourth-order valence-electron chi connectivity index (χ4n) is 1.65. The van der Waals surface area contributed by atoms with Crippen molar-refractivity contribution in [2.24, 2.45) is 0 Å². The van der Waals surface area contributed by atoms with Gasteiger partial charge in [0.15, 0.2) is 6.61 Å². The summed E-state index contributed by atoms with van der Waals surface area (Å²) in [6.07, 6.45) is 2.03. The highest BCUT2D eigenvalue weighted by Gasteiger charge is 2.24. The van der Waals surface area contributed by atoms with Gasteiger partial charge in [-0.1, -0.05) is 23.2 Å². The first-order chi connectivity index (χ1) is 9.95. The van der Waals surface area contributed by atoms with Gasteiger partial charge in [0.1, 0.15) is 5.75 Å². The number of hydrogen-bond acceptors (Lipinski definition) is 3. The van der Waals surface area contributed by atoms with E-state index in [9.17, 15) is 9.59 Å². The smallest absolute Gasteiger partial charge is 0.260 e. The van der Waals surface area contributed by atoms with E-state index in [1.54, 1.807) is 19.2 Å². The molecule has 0 unspecified atom stereocenters. The van der Waals surface area contributed by atoms with Gasteiger partial charge in [-0.05, 0) is 31.0 Å². The van der Waals surface area contributed by atoms with Crippen LogP contribution in [-0.4, -0.2) is 43.0 Å². The molecular weight excluding hydrogens is 315 g/mol. The molecule has 2 rings (SSSR count). The van der Waals surface area contributed by atoms with Crippen molar-refractivity contribution in [3.8, 4) is 5.75 Å². The molecule has 2 amide bonds. The summed E-state index contributed by atoms with van der Waals surface area (Å²) < 4.78 is 5.34. The second-order valence-electron chi connectivity index (χ2n) is 4.96. The van der Waals surface area contributed by atoms with Crippen LogP contribution >= 0.6 is 23.2 Å². The lowest BCUT2D eigenvalue weighted by molar-refractivity contribution is -0.136. The summed E-state index contributed by atoms with van der Waals surface area (Å²) in [4.78, 5) is 24.8. The van der Waals surface area contributed by atoms with Crippen molar-refractivity contribution < 1.29 is 14.3 Å². The topological polar surface area (TPSA) is 58.6 Å². The number of nitrogens with zero attached hydrogens (tertiary/aromatic N) is 1. The zero-order chi connectivity index (χ0) is 15.4. The average molecular weight is 331 g/mol. The Balaban J connectivity index is 1.78. The second-order valence-corrected chi connectivity index (χ2v) is 5.80. The molecule has 1 N–H and O–H groups in total. The highest BCUT2D eigenvalue weighted by Crippen LogP contribution is 2.27. The Labute approximate surface area is 133 Å². The highest BCUT2D eigenvalue weighted by atomic mass is 35.5. The third-order valence-corrected chi connectivity index (χ3v) is 3.52. The van der Waals surface area contributed by atoms with Crippen LogP contribution in [0.3, 0.4) is 0 Å². The third kappa shape index (κ3) is 5.10. The molecule has 0 heterocycles. The van der Waals surface area contributed by atoms with E-state index in [1.807, 2.05) is 0 Å². The van der Waals surface area contributed by atoms with Crippen molar-refractivity contribution in [2.75, 3.05) is 20.2 Å². The van der Waals surface area contributed by atoms with Gasteiger partial charge in [-0.15, -0.1) is 0 Å². The van der Waals surface area contributed by atoms with Crippen LogP contribution in [-0.2, 0) is 9.59 Å². The van der Waals surface area contributed by atoms with E-state index < -0.39 is 0 Å². The Bertz CT molecular complexity index is 547. The van der Waals surface area contributed by atoms with Gasteiger partial charge in [0.25, 0.3) is 5.91 Å². The van der Waals surface area contributed by atoms with Crippen LogP contribution in [0.1, 0.15) is 12.8 Å². The Hall–Kier alpha value is -1.46. The SMILES string of the molecule is CN(CC(=O)NC1CC1)C(=O)COc1ccc(Cl)cc1Cl. The molecule has 1 saturated carbocycles. The minimum absolute atomic E-state index is 0.0209. The van der Waals surface area contributed by atoms with E-state index in [0.29, 0.717) is 15.8 Å². The first kappa shape index (κ1) is 15.9. The monoisotopic (exact) mass is 330 g/mol. The quantitative estimate of drug-likeness (QED) is 0.869. The van der Waals surface area contributed by atoms with E-state index in [4.69, 9.17) is 27.9 Å². The Morgan fingerprint density at radius 3 is 2.71 bits per heavy atom. The lowest BCUT2D eigenvalue weighted by atomic mass is 10.3. The van der Waals surface area contributed by atoms with Gasteiger partial charge in [0.05, 0.1) is 11.6 Å². The molecule has 5 nitrogen and oxygen atoms in total. The molecule has 0 radical (unpaired) electrons. The molecule has 0 aliphatic heterocycles. The van der Waals surface area contributed by atoms with Crippen LogP contribution in [0.2, 0.25) is 10.0 Å². The normalized spacial score (nSPS) is 13.7. The molecular formula is C14H16Cl2N2O3. The highest BCUT2D eigenvalue weighted by molar-refractivity contribution is 6.35. The van der Waals surface area contributed by atoms with Gasteiger partial charge in [-0.25, -0.2) is 0 Å². The zero-order valence-electron chi connectivity index (χ0n) is 11.6. The van der Waals surface area contributed by atoms with Crippen LogP contribution in [0.25, 0.3) is 0 Å². The van der Waals surface area contributed by atoms with Crippen LogP contribution < -0.4 is 10.1 Å². The van der Waals surface area contributed by atoms with Crippen molar-refractivity contribution in [3.63, 3.8) is 0 Å². The van der Waals surface area contributed by atoms with Crippen molar-refractivity contribution in [2.45, 2.75) is 18.9 Å². The van der Waals surface area contributed by atoms with Crippen molar-refractivity contribution in [1.82, 2.24) is 10.2 Å². The van der Waals surface area contributed by atoms with E-state index in [2.05, 4.69) is 5.32 Å². The van der Waals surface area contributed by atoms with E-state index in [-0.39, 0.29) is 31.0 Å². The molecule has 0 atom stereocenters. The number of hydrogen-bond donors (Lipinski definition) is 1. The van der Waals surface area contributed by atoms with Crippen LogP contribution in [0, 0.1) is 0 Å². The maximum atomic E-state index is 11.9. The summed E-state index contributed by atoms with van der Waals surface area (Å²) in [5.74, 6) is -0.0740. The fraction of sp³-hybridized carbons (Fsp3) is 0.429. The molecule has 1 aromatic rings. The fourth-order valence-corrected chi connectivity index (χ4v) is 2.11. The second kappa shape index (κ2) is 7.00. The molecule has 0 spiro atoms. The summed E-state index contributed by atoms with van der Waals surface area (Å²) >= 11 is 11.7. The number of carbonyl (C=O) groups is 2. The van der Waals surface area contributed by atoms with Crippen molar-refractivity contribution >= 4 is 35.0 Å². The molecule has 1 aromatic carbocycles. The van der Waals surface area contributed by atoms with Crippen LogP contribution in [0.15, 0.2) is 18.2 Å². The van der Waals surface area contributed by atoms with Crippen LogP contribution in [0.4, 0.5) is 0 Å². The lowest BCUT2D eigenvalue weighted by Crippen LogP contribution is -2.40. The zero-order valence-corrected chi connectivity index (χ0v) is 13.1. The molecule has 1 aliphatic rings. The number of benzene rings is 1. The van der Waals surface area contributed by atoms with Gasteiger partial charge in [-0.3, -0.25) is 9.59 Å². The number of nitrogens with one attached hydrogen (secondary N) is 1. The minimum Gasteiger partial charge on any atom is -0.482 e. The molecule has 0 bridgehead atoms. The summed E-state index contributed by atoms with van der Waals surface area (Å²) in [7, 11) is 1.56. The maximum absolute atomic E-state index is 11.9. The third-order valence-electron chi connectivity index (χ3n) is 2.99. The molecule has 0 aromatic heterocycles. The van der Waals surface area contributed by atoms with Gasteiger partial charge in [0.2, 0.25) is 5.91 Å². The van der Waals surface area contributed by atoms with Gasteiger partial charge >= 0.3 is 0 Å². The molecule has 7 heteroatoms. The van der Waals surface area contributed by atoms with E-state index >= 15 is 0 Å². The lowest BCUT2D eigenvalue weighted by Gasteiger charge is -2.17.